The van der Waals surface area contributed by atoms with Crippen LogP contribution < -0.4 is 0 Å². The molecule has 25 heavy (non-hydrogen) atoms. The molecule has 0 saturated heterocycles. The highest BCUT2D eigenvalue weighted by molar-refractivity contribution is 6.32. The Bertz CT molecular complexity index is 883. The number of nitrogens with zero attached hydrogens (tertiary/aromatic N) is 2. The van der Waals surface area contributed by atoms with Crippen molar-refractivity contribution >= 4 is 23.4 Å². The van der Waals surface area contributed by atoms with E-state index >= 15 is 0 Å². The van der Waals surface area contributed by atoms with Gasteiger partial charge in [0.2, 0.25) is 0 Å². The lowest BCUT2D eigenvalue weighted by Crippen LogP contribution is -2.13. The molecule has 0 spiro atoms. The van der Waals surface area contributed by atoms with Crippen molar-refractivity contribution in [1.29, 1.82) is 5.26 Å². The Labute approximate surface area is 151 Å². The van der Waals surface area contributed by atoms with Crippen LogP contribution in [0.3, 0.4) is 0 Å². The molecular weight excluding hydrogens is 340 g/mol. The van der Waals surface area contributed by atoms with E-state index in [4.69, 9.17) is 16.3 Å². The van der Waals surface area contributed by atoms with Gasteiger partial charge in [0, 0.05) is 6.07 Å². The van der Waals surface area contributed by atoms with Crippen molar-refractivity contribution < 1.29 is 9.66 Å². The number of halogens is 1. The molecule has 0 aliphatic heterocycles. The van der Waals surface area contributed by atoms with Crippen molar-refractivity contribution in [3.63, 3.8) is 0 Å². The SMILES string of the molecule is CO/C=C/c1ccc(C(C)(C)C#N)cc1-c1ccc(Cl)c([N+](=O)[O-])c1. The zero-order valence-corrected chi connectivity index (χ0v) is 14.9. The summed E-state index contributed by atoms with van der Waals surface area (Å²) in [6.07, 6.45) is 3.29. The Kier molecular flexibility index (Phi) is 5.45. The number of ether oxygens (including phenoxy) is 1. The molecule has 2 aromatic carbocycles. The lowest BCUT2D eigenvalue weighted by Gasteiger charge is -2.18. The monoisotopic (exact) mass is 356 g/mol. The van der Waals surface area contributed by atoms with Gasteiger partial charge < -0.3 is 4.74 Å². The van der Waals surface area contributed by atoms with Crippen LogP contribution in [0.15, 0.2) is 42.7 Å². The second kappa shape index (κ2) is 7.37. The van der Waals surface area contributed by atoms with Gasteiger partial charge in [-0.1, -0.05) is 29.8 Å². The van der Waals surface area contributed by atoms with E-state index in [0.29, 0.717) is 5.56 Å². The van der Waals surface area contributed by atoms with E-state index in [1.54, 1.807) is 12.1 Å². The van der Waals surface area contributed by atoms with Crippen molar-refractivity contribution in [2.24, 2.45) is 0 Å². The lowest BCUT2D eigenvalue weighted by atomic mass is 9.83. The van der Waals surface area contributed by atoms with Crippen LogP contribution in [0.2, 0.25) is 5.02 Å². The van der Waals surface area contributed by atoms with Gasteiger partial charge in [-0.2, -0.15) is 5.26 Å². The quantitative estimate of drug-likeness (QED) is 0.412. The van der Waals surface area contributed by atoms with Gasteiger partial charge in [0.15, 0.2) is 0 Å². The normalized spacial score (nSPS) is 11.3. The van der Waals surface area contributed by atoms with Crippen LogP contribution in [0.25, 0.3) is 17.2 Å². The highest BCUT2D eigenvalue weighted by Crippen LogP contribution is 2.35. The molecule has 0 heterocycles. The zero-order chi connectivity index (χ0) is 18.6. The molecule has 0 N–H and O–H groups in total. The highest BCUT2D eigenvalue weighted by Gasteiger charge is 2.22. The minimum atomic E-state index is -0.684. The molecule has 0 bridgehead atoms. The van der Waals surface area contributed by atoms with Crippen molar-refractivity contribution in [3.05, 3.63) is 68.9 Å². The van der Waals surface area contributed by atoms with Crippen LogP contribution >= 0.6 is 11.6 Å². The molecule has 0 aromatic heterocycles. The van der Waals surface area contributed by atoms with Gasteiger partial charge in [0.25, 0.3) is 5.69 Å². The maximum Gasteiger partial charge on any atom is 0.288 e. The number of nitro groups is 1. The molecule has 0 atom stereocenters. The fraction of sp³-hybridized carbons (Fsp3) is 0.211. The molecule has 0 unspecified atom stereocenters. The second-order valence-electron chi connectivity index (χ2n) is 6.00. The van der Waals surface area contributed by atoms with Gasteiger partial charge in [-0.15, -0.1) is 0 Å². The summed E-state index contributed by atoms with van der Waals surface area (Å²) in [4.78, 5) is 10.7. The van der Waals surface area contributed by atoms with E-state index in [1.807, 2.05) is 32.0 Å². The Hall–Kier alpha value is -2.84. The van der Waals surface area contributed by atoms with Crippen molar-refractivity contribution in [2.45, 2.75) is 19.3 Å². The molecule has 0 saturated carbocycles. The van der Waals surface area contributed by atoms with Gasteiger partial charge in [0.1, 0.15) is 5.02 Å². The topological polar surface area (TPSA) is 76.2 Å². The molecule has 5 nitrogen and oxygen atoms in total. The Morgan fingerprint density at radius 1 is 1.28 bits per heavy atom. The number of hydrogen-bond donors (Lipinski definition) is 0. The molecular formula is C19H17ClN2O3. The molecule has 128 valence electrons. The smallest absolute Gasteiger partial charge is 0.288 e. The van der Waals surface area contributed by atoms with Crippen molar-refractivity contribution in [1.82, 2.24) is 0 Å². The van der Waals surface area contributed by atoms with Gasteiger partial charge in [-0.3, -0.25) is 10.1 Å². The third-order valence-electron chi connectivity index (χ3n) is 3.89. The first-order chi connectivity index (χ1) is 11.8. The fourth-order valence-corrected chi connectivity index (χ4v) is 2.55. The summed E-state index contributed by atoms with van der Waals surface area (Å²) in [7, 11) is 1.54. The van der Waals surface area contributed by atoms with Crippen LogP contribution in [0.1, 0.15) is 25.0 Å². The van der Waals surface area contributed by atoms with Crippen LogP contribution in [0.5, 0.6) is 0 Å². The fourth-order valence-electron chi connectivity index (χ4n) is 2.37. The minimum Gasteiger partial charge on any atom is -0.504 e. The predicted octanol–water partition coefficient (Wildman–Crippen LogP) is 5.33. The molecule has 0 amide bonds. The summed E-state index contributed by atoms with van der Waals surface area (Å²) in [5.41, 5.74) is 2.19. The van der Waals surface area contributed by atoms with Gasteiger partial charge in [0.05, 0.1) is 29.8 Å². The maximum absolute atomic E-state index is 11.2. The van der Waals surface area contributed by atoms with Gasteiger partial charge in [-0.25, -0.2) is 0 Å². The van der Waals surface area contributed by atoms with E-state index in [-0.39, 0.29) is 10.7 Å². The summed E-state index contributed by atoms with van der Waals surface area (Å²) in [6.45, 7) is 3.64. The van der Waals surface area contributed by atoms with Crippen molar-refractivity contribution in [2.75, 3.05) is 7.11 Å². The summed E-state index contributed by atoms with van der Waals surface area (Å²) in [6, 6.07) is 12.5. The number of methoxy groups -OCH3 is 1. The first kappa shape index (κ1) is 18.5. The molecule has 0 aliphatic rings. The second-order valence-corrected chi connectivity index (χ2v) is 6.41. The van der Waals surface area contributed by atoms with Crippen LogP contribution in [0, 0.1) is 21.4 Å². The number of benzene rings is 2. The summed E-state index contributed by atoms with van der Waals surface area (Å²) < 4.78 is 4.97. The molecule has 2 aromatic rings. The third kappa shape index (κ3) is 3.98. The van der Waals surface area contributed by atoms with E-state index in [0.717, 1.165) is 16.7 Å². The third-order valence-corrected chi connectivity index (χ3v) is 4.21. The van der Waals surface area contributed by atoms with Gasteiger partial charge >= 0.3 is 0 Å². The first-order valence-corrected chi connectivity index (χ1v) is 7.87. The Morgan fingerprint density at radius 3 is 2.60 bits per heavy atom. The number of nitro benzene ring substituents is 1. The zero-order valence-electron chi connectivity index (χ0n) is 14.1. The minimum absolute atomic E-state index is 0.0799. The highest BCUT2D eigenvalue weighted by atomic mass is 35.5. The summed E-state index contributed by atoms with van der Waals surface area (Å²) in [5.74, 6) is 0. The standard InChI is InChI=1S/C19H17ClN2O3/c1-19(2,12-21)15-6-4-13(8-9-25-3)16(11-15)14-5-7-17(20)18(10-14)22(23)24/h4-11H,1-3H3/b9-8+. The van der Waals surface area contributed by atoms with E-state index in [9.17, 15) is 15.4 Å². The average molecular weight is 357 g/mol. The van der Waals surface area contributed by atoms with Crippen molar-refractivity contribution in [3.8, 4) is 17.2 Å². The summed E-state index contributed by atoms with van der Waals surface area (Å²) in [5, 5.41) is 20.6. The largest absolute Gasteiger partial charge is 0.504 e. The van der Waals surface area contributed by atoms with Crippen LogP contribution in [-0.2, 0) is 10.2 Å². The Balaban J connectivity index is 2.70. The average Bonchev–Trinajstić information content (AvgIpc) is 2.60. The lowest BCUT2D eigenvalue weighted by molar-refractivity contribution is -0.384. The van der Waals surface area contributed by atoms with E-state index in [2.05, 4.69) is 6.07 Å². The van der Waals surface area contributed by atoms with E-state index in [1.165, 1.54) is 25.5 Å². The van der Waals surface area contributed by atoms with Crippen LogP contribution in [-0.4, -0.2) is 12.0 Å². The van der Waals surface area contributed by atoms with Gasteiger partial charge in [-0.05, 0) is 54.3 Å². The summed E-state index contributed by atoms with van der Waals surface area (Å²) >= 11 is 5.91. The predicted molar refractivity (Wildman–Crippen MR) is 98.2 cm³/mol. The Morgan fingerprint density at radius 2 is 2.00 bits per heavy atom. The van der Waals surface area contributed by atoms with E-state index < -0.39 is 10.3 Å². The molecule has 0 fully saturated rings. The number of hydrogen-bond acceptors (Lipinski definition) is 4. The first-order valence-electron chi connectivity index (χ1n) is 7.49. The maximum atomic E-state index is 11.2. The molecule has 0 aliphatic carbocycles. The molecule has 2 rings (SSSR count). The molecule has 0 radical (unpaired) electrons. The molecule has 6 heteroatoms. The number of rotatable bonds is 5. The number of nitriles is 1. The van der Waals surface area contributed by atoms with Crippen LogP contribution in [0.4, 0.5) is 5.69 Å².